The number of anilines is 1. The maximum Gasteiger partial charge on any atom is 0.123 e. The molecule has 3 nitrogen and oxygen atoms in total. The van der Waals surface area contributed by atoms with Crippen LogP contribution in [0.2, 0.25) is 0 Å². The molecule has 0 aliphatic carbocycles. The van der Waals surface area contributed by atoms with Gasteiger partial charge in [0.05, 0.1) is 0 Å². The van der Waals surface area contributed by atoms with E-state index in [1.807, 2.05) is 25.1 Å². The van der Waals surface area contributed by atoms with Crippen LogP contribution in [0.15, 0.2) is 48.5 Å². The number of nitrogen functional groups attached to an aromatic ring is 1. The summed E-state index contributed by atoms with van der Waals surface area (Å²) in [5.41, 5.74) is 9.90. The van der Waals surface area contributed by atoms with E-state index in [4.69, 9.17) is 11.1 Å². The highest BCUT2D eigenvalue weighted by atomic mass is 15.1. The van der Waals surface area contributed by atoms with Crippen molar-refractivity contribution in [3.8, 4) is 0 Å². The number of aryl methyl sites for hydroxylation is 1. The fraction of sp³-hybridized carbons (Fsp3) is 0.278. The Labute approximate surface area is 126 Å². The molecule has 0 atom stereocenters. The van der Waals surface area contributed by atoms with Crippen LogP contribution in [0.5, 0.6) is 0 Å². The molecule has 2 rings (SSSR count). The molecular weight excluding hydrogens is 258 g/mol. The molecule has 2 aromatic carbocycles. The Kier molecular flexibility index (Phi) is 4.63. The predicted molar refractivity (Wildman–Crippen MR) is 90.0 cm³/mol. The van der Waals surface area contributed by atoms with Gasteiger partial charge in [-0.1, -0.05) is 30.3 Å². The third-order valence-electron chi connectivity index (χ3n) is 3.65. The van der Waals surface area contributed by atoms with Crippen molar-refractivity contribution >= 4 is 11.5 Å². The van der Waals surface area contributed by atoms with E-state index in [1.54, 1.807) is 0 Å². The minimum atomic E-state index is 0.123. The van der Waals surface area contributed by atoms with Gasteiger partial charge in [0.15, 0.2) is 0 Å². The van der Waals surface area contributed by atoms with Crippen LogP contribution in [0, 0.1) is 12.3 Å². The third kappa shape index (κ3) is 3.63. The van der Waals surface area contributed by atoms with Gasteiger partial charge in [0.1, 0.15) is 5.84 Å². The first-order valence-corrected chi connectivity index (χ1v) is 7.24. The number of nitrogens with zero attached hydrogens (tertiary/aromatic N) is 1. The van der Waals surface area contributed by atoms with Crippen molar-refractivity contribution in [2.75, 3.05) is 4.90 Å². The molecule has 0 unspecified atom stereocenters. The van der Waals surface area contributed by atoms with E-state index in [1.165, 1.54) is 5.56 Å². The average Bonchev–Trinajstić information content (AvgIpc) is 2.45. The highest BCUT2D eigenvalue weighted by Gasteiger charge is 2.13. The van der Waals surface area contributed by atoms with Crippen LogP contribution in [0.25, 0.3) is 0 Å². The smallest absolute Gasteiger partial charge is 0.123 e. The van der Waals surface area contributed by atoms with Crippen molar-refractivity contribution < 1.29 is 0 Å². The zero-order valence-electron chi connectivity index (χ0n) is 12.9. The van der Waals surface area contributed by atoms with Gasteiger partial charge in [0.25, 0.3) is 0 Å². The Balaban J connectivity index is 2.31. The summed E-state index contributed by atoms with van der Waals surface area (Å²) in [4.78, 5) is 2.35. The summed E-state index contributed by atoms with van der Waals surface area (Å²) in [5, 5.41) is 7.58. The van der Waals surface area contributed by atoms with Gasteiger partial charge in [-0.05, 0) is 50.1 Å². The molecule has 0 amide bonds. The molecule has 0 aliphatic rings. The van der Waals surface area contributed by atoms with E-state index in [2.05, 4.69) is 49.1 Å². The van der Waals surface area contributed by atoms with E-state index in [0.717, 1.165) is 23.4 Å². The van der Waals surface area contributed by atoms with Gasteiger partial charge in [-0.15, -0.1) is 0 Å². The maximum atomic E-state index is 7.58. The highest BCUT2D eigenvalue weighted by Crippen LogP contribution is 2.23. The predicted octanol–water partition coefficient (Wildman–Crippen LogP) is 3.69. The van der Waals surface area contributed by atoms with Crippen molar-refractivity contribution in [3.63, 3.8) is 0 Å². The maximum absolute atomic E-state index is 7.58. The molecule has 0 aliphatic heterocycles. The van der Waals surface area contributed by atoms with E-state index in [0.29, 0.717) is 6.04 Å². The van der Waals surface area contributed by atoms with E-state index in [-0.39, 0.29) is 5.84 Å². The van der Waals surface area contributed by atoms with Crippen molar-refractivity contribution in [1.29, 1.82) is 5.41 Å². The molecule has 0 radical (unpaired) electrons. The number of rotatable bonds is 5. The molecule has 2 aromatic rings. The Bertz CT molecular complexity index is 618. The molecule has 0 saturated carbocycles. The van der Waals surface area contributed by atoms with Crippen molar-refractivity contribution in [3.05, 3.63) is 65.2 Å². The van der Waals surface area contributed by atoms with Crippen LogP contribution in [0.1, 0.15) is 30.5 Å². The van der Waals surface area contributed by atoms with Gasteiger partial charge in [-0.25, -0.2) is 0 Å². The number of benzene rings is 2. The zero-order valence-corrected chi connectivity index (χ0v) is 12.9. The van der Waals surface area contributed by atoms with Crippen LogP contribution >= 0.6 is 0 Å². The normalized spacial score (nSPS) is 10.7. The summed E-state index contributed by atoms with van der Waals surface area (Å²) in [6.45, 7) is 7.26. The molecule has 3 heteroatoms. The summed E-state index contributed by atoms with van der Waals surface area (Å²) in [5.74, 6) is 0.123. The standard InChI is InChI=1S/C18H23N3/c1-13(2)21(12-15-7-5-4-6-8-15)16-9-10-17(18(19)20)14(3)11-16/h4-11,13H,12H2,1-3H3,(H3,19,20). The molecule has 0 bridgehead atoms. The second-order valence-electron chi connectivity index (χ2n) is 5.62. The largest absolute Gasteiger partial charge is 0.384 e. The molecular formula is C18H23N3. The fourth-order valence-electron chi connectivity index (χ4n) is 2.48. The Morgan fingerprint density at radius 2 is 1.81 bits per heavy atom. The Morgan fingerprint density at radius 3 is 2.33 bits per heavy atom. The summed E-state index contributed by atoms with van der Waals surface area (Å²) < 4.78 is 0. The van der Waals surface area contributed by atoms with Crippen LogP contribution < -0.4 is 10.6 Å². The van der Waals surface area contributed by atoms with Crippen LogP contribution in [0.3, 0.4) is 0 Å². The van der Waals surface area contributed by atoms with Crippen LogP contribution in [-0.4, -0.2) is 11.9 Å². The quantitative estimate of drug-likeness (QED) is 0.648. The molecule has 0 aromatic heterocycles. The van der Waals surface area contributed by atoms with Crippen LogP contribution in [-0.2, 0) is 6.54 Å². The van der Waals surface area contributed by atoms with E-state index in [9.17, 15) is 0 Å². The Hall–Kier alpha value is -2.29. The summed E-state index contributed by atoms with van der Waals surface area (Å²) in [6, 6.07) is 17.0. The van der Waals surface area contributed by atoms with Gasteiger partial charge >= 0.3 is 0 Å². The molecule has 3 N–H and O–H groups in total. The summed E-state index contributed by atoms with van der Waals surface area (Å²) in [6.07, 6.45) is 0. The number of hydrogen-bond donors (Lipinski definition) is 2. The number of nitrogens with one attached hydrogen (secondary N) is 1. The van der Waals surface area contributed by atoms with Gasteiger partial charge < -0.3 is 10.6 Å². The summed E-state index contributed by atoms with van der Waals surface area (Å²) in [7, 11) is 0. The lowest BCUT2D eigenvalue weighted by molar-refractivity contribution is 0.682. The van der Waals surface area contributed by atoms with Crippen molar-refractivity contribution in [2.24, 2.45) is 5.73 Å². The second kappa shape index (κ2) is 6.44. The van der Waals surface area contributed by atoms with E-state index >= 15 is 0 Å². The lowest BCUT2D eigenvalue weighted by Crippen LogP contribution is -2.30. The Morgan fingerprint density at radius 1 is 1.14 bits per heavy atom. The number of amidine groups is 1. The molecule has 21 heavy (non-hydrogen) atoms. The minimum absolute atomic E-state index is 0.123. The molecule has 110 valence electrons. The highest BCUT2D eigenvalue weighted by molar-refractivity contribution is 5.96. The van der Waals surface area contributed by atoms with E-state index < -0.39 is 0 Å². The van der Waals surface area contributed by atoms with Crippen molar-refractivity contribution in [1.82, 2.24) is 0 Å². The lowest BCUT2D eigenvalue weighted by Gasteiger charge is -2.30. The first-order valence-electron chi connectivity index (χ1n) is 7.24. The second-order valence-corrected chi connectivity index (χ2v) is 5.62. The SMILES string of the molecule is Cc1cc(N(Cc2ccccc2)C(C)C)ccc1C(=N)N. The third-order valence-corrected chi connectivity index (χ3v) is 3.65. The first kappa shape index (κ1) is 15.1. The molecule has 0 saturated heterocycles. The topological polar surface area (TPSA) is 53.1 Å². The monoisotopic (exact) mass is 281 g/mol. The van der Waals surface area contributed by atoms with Crippen LogP contribution in [0.4, 0.5) is 5.69 Å². The molecule has 0 fully saturated rings. The molecule has 0 spiro atoms. The zero-order chi connectivity index (χ0) is 15.4. The first-order chi connectivity index (χ1) is 9.99. The average molecular weight is 281 g/mol. The van der Waals surface area contributed by atoms with Gasteiger partial charge in [-0.3, -0.25) is 5.41 Å². The number of nitrogens with two attached hydrogens (primary N) is 1. The van der Waals surface area contributed by atoms with Gasteiger partial charge in [0.2, 0.25) is 0 Å². The summed E-state index contributed by atoms with van der Waals surface area (Å²) >= 11 is 0. The molecule has 0 heterocycles. The van der Waals surface area contributed by atoms with Gasteiger partial charge in [-0.2, -0.15) is 0 Å². The lowest BCUT2D eigenvalue weighted by atomic mass is 10.1. The van der Waals surface area contributed by atoms with Crippen molar-refractivity contribution in [2.45, 2.75) is 33.4 Å². The number of hydrogen-bond acceptors (Lipinski definition) is 2. The van der Waals surface area contributed by atoms with Gasteiger partial charge in [0, 0.05) is 23.8 Å². The minimum Gasteiger partial charge on any atom is -0.384 e. The fourth-order valence-corrected chi connectivity index (χ4v) is 2.48.